The van der Waals surface area contributed by atoms with Gasteiger partial charge in [0.2, 0.25) is 0 Å². The van der Waals surface area contributed by atoms with E-state index >= 15 is 0 Å². The Hall–Kier alpha value is -1.36. The van der Waals surface area contributed by atoms with Crippen LogP contribution in [0.3, 0.4) is 0 Å². The Morgan fingerprint density at radius 3 is 2.67 bits per heavy atom. The molecule has 98 valence electrons. The van der Waals surface area contributed by atoms with E-state index in [0.29, 0.717) is 18.5 Å². The van der Waals surface area contributed by atoms with Crippen LogP contribution in [0.25, 0.3) is 0 Å². The molecule has 0 unspecified atom stereocenters. The molecule has 0 spiro atoms. The zero-order valence-electron chi connectivity index (χ0n) is 10.4. The average Bonchev–Trinajstić information content (AvgIpc) is 2.30. The van der Waals surface area contributed by atoms with Gasteiger partial charge in [-0.2, -0.15) is 0 Å². The molecule has 0 saturated heterocycles. The molecule has 0 aliphatic carbocycles. The highest BCUT2D eigenvalue weighted by molar-refractivity contribution is 9.10. The fourth-order valence-corrected chi connectivity index (χ4v) is 1.96. The standard InChI is InChI=1S/C13H16BrNO3/c1-9-5-6-10(14)8-11(9)13(18)15(2)7-3-4-12(16)17/h5-6,8H,3-4,7H2,1-2H3,(H,16,17). The largest absolute Gasteiger partial charge is 0.481 e. The van der Waals surface area contributed by atoms with Gasteiger partial charge in [0.25, 0.3) is 5.91 Å². The predicted molar refractivity (Wildman–Crippen MR) is 72.7 cm³/mol. The molecule has 0 heterocycles. The second-order valence-electron chi connectivity index (χ2n) is 4.18. The molecule has 0 radical (unpaired) electrons. The number of halogens is 1. The summed E-state index contributed by atoms with van der Waals surface area (Å²) in [5, 5.41) is 8.55. The number of aryl methyl sites for hydroxylation is 1. The Bertz CT molecular complexity index is 460. The number of benzene rings is 1. The maximum Gasteiger partial charge on any atom is 0.303 e. The van der Waals surface area contributed by atoms with E-state index in [1.165, 1.54) is 0 Å². The Morgan fingerprint density at radius 1 is 1.39 bits per heavy atom. The van der Waals surface area contributed by atoms with E-state index < -0.39 is 5.97 Å². The molecule has 0 fully saturated rings. The van der Waals surface area contributed by atoms with Crippen LogP contribution in [0.1, 0.15) is 28.8 Å². The number of carboxylic acids is 1. The van der Waals surface area contributed by atoms with Gasteiger partial charge in [-0.05, 0) is 31.0 Å². The maximum atomic E-state index is 12.2. The zero-order valence-corrected chi connectivity index (χ0v) is 12.0. The van der Waals surface area contributed by atoms with Gasteiger partial charge >= 0.3 is 5.97 Å². The SMILES string of the molecule is Cc1ccc(Br)cc1C(=O)N(C)CCCC(=O)O. The van der Waals surface area contributed by atoms with Gasteiger partial charge in [-0.25, -0.2) is 0 Å². The van der Waals surface area contributed by atoms with Crippen LogP contribution in [0.4, 0.5) is 0 Å². The van der Waals surface area contributed by atoms with E-state index in [1.54, 1.807) is 18.0 Å². The Kier molecular flexibility index (Phi) is 5.34. The van der Waals surface area contributed by atoms with Crippen molar-refractivity contribution < 1.29 is 14.7 Å². The van der Waals surface area contributed by atoms with E-state index in [1.807, 2.05) is 19.1 Å². The molecule has 4 nitrogen and oxygen atoms in total. The predicted octanol–water partition coefficient (Wildman–Crippen LogP) is 2.69. The van der Waals surface area contributed by atoms with Gasteiger partial charge in [-0.15, -0.1) is 0 Å². The lowest BCUT2D eigenvalue weighted by molar-refractivity contribution is -0.137. The molecule has 1 aromatic rings. The van der Waals surface area contributed by atoms with Gasteiger partial charge in [-0.3, -0.25) is 9.59 Å². The normalized spacial score (nSPS) is 10.2. The number of hydrogen-bond acceptors (Lipinski definition) is 2. The van der Waals surface area contributed by atoms with Crippen molar-refractivity contribution in [2.24, 2.45) is 0 Å². The summed E-state index contributed by atoms with van der Waals surface area (Å²) < 4.78 is 0.857. The third-order valence-corrected chi connectivity index (χ3v) is 3.15. The minimum absolute atomic E-state index is 0.0785. The zero-order chi connectivity index (χ0) is 13.7. The number of carboxylic acid groups (broad SMARTS) is 1. The number of amides is 1. The summed E-state index contributed by atoms with van der Waals surface area (Å²) in [6.07, 6.45) is 0.541. The first-order chi connectivity index (χ1) is 8.41. The summed E-state index contributed by atoms with van der Waals surface area (Å²) in [6, 6.07) is 5.55. The number of carbonyl (C=O) groups is 2. The number of hydrogen-bond donors (Lipinski definition) is 1. The van der Waals surface area contributed by atoms with Crippen molar-refractivity contribution in [3.05, 3.63) is 33.8 Å². The molecule has 1 aromatic carbocycles. The van der Waals surface area contributed by atoms with Gasteiger partial charge in [0.15, 0.2) is 0 Å². The lowest BCUT2D eigenvalue weighted by atomic mass is 10.1. The van der Waals surface area contributed by atoms with Crippen LogP contribution in [-0.4, -0.2) is 35.5 Å². The van der Waals surface area contributed by atoms with E-state index in [-0.39, 0.29) is 12.3 Å². The summed E-state index contributed by atoms with van der Waals surface area (Å²) >= 11 is 3.34. The molecular weight excluding hydrogens is 298 g/mol. The second-order valence-corrected chi connectivity index (χ2v) is 5.10. The topological polar surface area (TPSA) is 57.6 Å². The van der Waals surface area contributed by atoms with Gasteiger partial charge in [0.05, 0.1) is 0 Å². The maximum absolute atomic E-state index is 12.2. The highest BCUT2D eigenvalue weighted by atomic mass is 79.9. The van der Waals surface area contributed by atoms with Crippen molar-refractivity contribution >= 4 is 27.8 Å². The van der Waals surface area contributed by atoms with Gasteiger partial charge in [-0.1, -0.05) is 22.0 Å². The van der Waals surface area contributed by atoms with E-state index in [9.17, 15) is 9.59 Å². The molecule has 1 N–H and O–H groups in total. The van der Waals surface area contributed by atoms with Crippen molar-refractivity contribution in [3.8, 4) is 0 Å². The third kappa shape index (κ3) is 4.14. The number of carbonyl (C=O) groups excluding carboxylic acids is 1. The lowest BCUT2D eigenvalue weighted by Crippen LogP contribution is -2.28. The number of rotatable bonds is 5. The Balaban J connectivity index is 2.68. The van der Waals surface area contributed by atoms with E-state index in [4.69, 9.17) is 5.11 Å². The first-order valence-corrected chi connectivity index (χ1v) is 6.44. The Labute approximate surface area is 115 Å². The smallest absolute Gasteiger partial charge is 0.303 e. The fourth-order valence-electron chi connectivity index (χ4n) is 1.60. The van der Waals surface area contributed by atoms with Crippen molar-refractivity contribution in [2.45, 2.75) is 19.8 Å². The molecular formula is C13H16BrNO3. The average molecular weight is 314 g/mol. The summed E-state index contributed by atoms with van der Waals surface area (Å²) in [5.41, 5.74) is 1.55. The third-order valence-electron chi connectivity index (χ3n) is 2.66. The Morgan fingerprint density at radius 2 is 2.06 bits per heavy atom. The summed E-state index contributed by atoms with van der Waals surface area (Å²) in [5.74, 6) is -0.923. The molecule has 0 atom stereocenters. The monoisotopic (exact) mass is 313 g/mol. The van der Waals surface area contributed by atoms with Crippen LogP contribution in [0.5, 0.6) is 0 Å². The number of nitrogens with zero attached hydrogens (tertiary/aromatic N) is 1. The van der Waals surface area contributed by atoms with Gasteiger partial charge in [0, 0.05) is 30.0 Å². The number of aliphatic carboxylic acids is 1. The second kappa shape index (κ2) is 6.54. The molecule has 5 heteroatoms. The van der Waals surface area contributed by atoms with Crippen LogP contribution < -0.4 is 0 Å². The quantitative estimate of drug-likeness (QED) is 0.909. The van der Waals surface area contributed by atoms with Crippen molar-refractivity contribution in [3.63, 3.8) is 0 Å². The van der Waals surface area contributed by atoms with Gasteiger partial charge < -0.3 is 10.0 Å². The van der Waals surface area contributed by atoms with Gasteiger partial charge in [0.1, 0.15) is 0 Å². The van der Waals surface area contributed by atoms with Crippen LogP contribution in [-0.2, 0) is 4.79 Å². The lowest BCUT2D eigenvalue weighted by Gasteiger charge is -2.18. The highest BCUT2D eigenvalue weighted by Crippen LogP contribution is 2.17. The molecule has 0 aliphatic rings. The summed E-state index contributed by atoms with van der Waals surface area (Å²) in [7, 11) is 1.69. The minimum Gasteiger partial charge on any atom is -0.481 e. The first-order valence-electron chi connectivity index (χ1n) is 5.65. The molecule has 0 saturated carbocycles. The van der Waals surface area contributed by atoms with E-state index in [2.05, 4.69) is 15.9 Å². The van der Waals surface area contributed by atoms with Crippen LogP contribution in [0.2, 0.25) is 0 Å². The first kappa shape index (κ1) is 14.7. The highest BCUT2D eigenvalue weighted by Gasteiger charge is 2.14. The fraction of sp³-hybridized carbons (Fsp3) is 0.385. The van der Waals surface area contributed by atoms with Crippen LogP contribution >= 0.6 is 15.9 Å². The van der Waals surface area contributed by atoms with Crippen LogP contribution in [0.15, 0.2) is 22.7 Å². The van der Waals surface area contributed by atoms with Crippen molar-refractivity contribution in [2.75, 3.05) is 13.6 Å². The van der Waals surface area contributed by atoms with Crippen molar-refractivity contribution in [1.29, 1.82) is 0 Å². The van der Waals surface area contributed by atoms with Crippen molar-refractivity contribution in [1.82, 2.24) is 4.90 Å². The summed E-state index contributed by atoms with van der Waals surface area (Å²) in [6.45, 7) is 2.32. The summed E-state index contributed by atoms with van der Waals surface area (Å²) in [4.78, 5) is 24.1. The molecule has 1 rings (SSSR count). The molecule has 0 aromatic heterocycles. The molecule has 18 heavy (non-hydrogen) atoms. The molecule has 1 amide bonds. The minimum atomic E-state index is -0.838. The van der Waals surface area contributed by atoms with Crippen LogP contribution in [0, 0.1) is 6.92 Å². The molecule has 0 bridgehead atoms. The molecule has 0 aliphatic heterocycles. The van der Waals surface area contributed by atoms with E-state index in [0.717, 1.165) is 10.0 Å².